The lowest BCUT2D eigenvalue weighted by molar-refractivity contribution is -0.118. The molecule has 0 spiro atoms. The number of hydrogen-bond acceptors (Lipinski definition) is 3. The molecule has 1 unspecified atom stereocenters. The van der Waals surface area contributed by atoms with E-state index in [9.17, 15) is 9.18 Å². The summed E-state index contributed by atoms with van der Waals surface area (Å²) in [4.78, 5) is 14.5. The van der Waals surface area contributed by atoms with Crippen molar-refractivity contribution >= 4 is 47.2 Å². The first-order valence-electron chi connectivity index (χ1n) is 7.98. The minimum absolute atomic E-state index is 0. The summed E-state index contributed by atoms with van der Waals surface area (Å²) >= 11 is 12.0. The Morgan fingerprint density at radius 3 is 2.81 bits per heavy atom. The van der Waals surface area contributed by atoms with Crippen LogP contribution in [0.5, 0.6) is 0 Å². The molecule has 0 aromatic heterocycles. The van der Waals surface area contributed by atoms with Crippen LogP contribution in [0.1, 0.15) is 11.6 Å². The average molecular weight is 419 g/mol. The molecule has 1 aliphatic heterocycles. The van der Waals surface area contributed by atoms with Crippen molar-refractivity contribution in [1.82, 2.24) is 10.2 Å². The Balaban J connectivity index is 0.00000243. The van der Waals surface area contributed by atoms with Crippen molar-refractivity contribution < 1.29 is 9.18 Å². The van der Waals surface area contributed by atoms with E-state index in [2.05, 4.69) is 10.6 Å². The number of halogens is 4. The third-order valence-corrected chi connectivity index (χ3v) is 4.69. The molecule has 1 aliphatic rings. The normalized spacial score (nSPS) is 17.4. The number of benzene rings is 2. The molecule has 1 fully saturated rings. The summed E-state index contributed by atoms with van der Waals surface area (Å²) < 4.78 is 13.5. The number of nitrogens with one attached hydrogen (secondary N) is 2. The summed E-state index contributed by atoms with van der Waals surface area (Å²) in [6.45, 7) is 2.34. The minimum Gasteiger partial charge on any atom is -0.324 e. The van der Waals surface area contributed by atoms with Gasteiger partial charge in [-0.3, -0.25) is 9.69 Å². The molecule has 0 radical (unpaired) electrons. The fraction of sp³-hybridized carbons (Fsp3) is 0.278. The molecular weight excluding hydrogens is 400 g/mol. The van der Waals surface area contributed by atoms with E-state index in [1.54, 1.807) is 24.3 Å². The smallest absolute Gasteiger partial charge is 0.238 e. The topological polar surface area (TPSA) is 44.4 Å². The molecule has 4 nitrogen and oxygen atoms in total. The van der Waals surface area contributed by atoms with Gasteiger partial charge in [-0.1, -0.05) is 35.3 Å². The molecule has 1 atom stereocenters. The molecule has 0 saturated carbocycles. The molecule has 1 heterocycles. The number of nitrogens with zero attached hydrogens (tertiary/aromatic N) is 1. The highest BCUT2D eigenvalue weighted by atomic mass is 35.5. The molecule has 26 heavy (non-hydrogen) atoms. The zero-order chi connectivity index (χ0) is 17.8. The Bertz CT molecular complexity index is 775. The monoisotopic (exact) mass is 417 g/mol. The molecule has 2 aromatic carbocycles. The molecule has 0 aliphatic carbocycles. The fourth-order valence-electron chi connectivity index (χ4n) is 2.94. The van der Waals surface area contributed by atoms with Crippen LogP contribution in [0, 0.1) is 5.82 Å². The van der Waals surface area contributed by atoms with Crippen LogP contribution < -0.4 is 10.6 Å². The van der Waals surface area contributed by atoms with E-state index in [1.165, 1.54) is 12.1 Å². The molecule has 1 amide bonds. The summed E-state index contributed by atoms with van der Waals surface area (Å²) in [5.41, 5.74) is 1.37. The van der Waals surface area contributed by atoms with Gasteiger partial charge in [0.25, 0.3) is 0 Å². The molecule has 3 rings (SSSR count). The lowest BCUT2D eigenvalue weighted by Crippen LogP contribution is -2.48. The quantitative estimate of drug-likeness (QED) is 0.784. The first kappa shape index (κ1) is 20.9. The summed E-state index contributed by atoms with van der Waals surface area (Å²) in [6, 6.07) is 11.4. The van der Waals surface area contributed by atoms with E-state index in [1.807, 2.05) is 11.0 Å². The van der Waals surface area contributed by atoms with Crippen molar-refractivity contribution in [2.24, 2.45) is 0 Å². The fourth-order valence-corrected chi connectivity index (χ4v) is 3.40. The van der Waals surface area contributed by atoms with Crippen molar-refractivity contribution in [2.45, 2.75) is 6.04 Å². The van der Waals surface area contributed by atoms with Crippen molar-refractivity contribution in [2.75, 3.05) is 31.5 Å². The molecule has 140 valence electrons. The van der Waals surface area contributed by atoms with E-state index in [4.69, 9.17) is 23.2 Å². The summed E-state index contributed by atoms with van der Waals surface area (Å²) in [5, 5.41) is 6.99. The van der Waals surface area contributed by atoms with E-state index < -0.39 is 0 Å². The van der Waals surface area contributed by atoms with Crippen LogP contribution in [0.25, 0.3) is 0 Å². The Hall–Kier alpha value is -1.37. The standard InChI is InChI=1S/C18H18Cl2FN3O.ClH/c19-13-4-5-16(15(20)9-13)23-18(25)11-24-7-6-22-10-17(24)12-2-1-3-14(21)8-12;/h1-5,8-9,17,22H,6-7,10-11H2,(H,23,25);1H. The van der Waals surface area contributed by atoms with Gasteiger partial charge in [-0.15, -0.1) is 12.4 Å². The van der Waals surface area contributed by atoms with Gasteiger partial charge in [-0.2, -0.15) is 0 Å². The largest absolute Gasteiger partial charge is 0.324 e. The maximum absolute atomic E-state index is 13.5. The Kier molecular flexibility index (Phi) is 7.68. The first-order chi connectivity index (χ1) is 12.0. The maximum Gasteiger partial charge on any atom is 0.238 e. The van der Waals surface area contributed by atoms with Gasteiger partial charge >= 0.3 is 0 Å². The van der Waals surface area contributed by atoms with Gasteiger partial charge in [-0.25, -0.2) is 4.39 Å². The van der Waals surface area contributed by atoms with Gasteiger partial charge in [0.2, 0.25) is 5.91 Å². The number of amides is 1. The zero-order valence-electron chi connectivity index (χ0n) is 13.8. The van der Waals surface area contributed by atoms with Gasteiger partial charge in [0.05, 0.1) is 17.3 Å². The van der Waals surface area contributed by atoms with Crippen LogP contribution >= 0.6 is 35.6 Å². The first-order valence-corrected chi connectivity index (χ1v) is 8.73. The predicted molar refractivity (Wildman–Crippen MR) is 106 cm³/mol. The zero-order valence-corrected chi connectivity index (χ0v) is 16.2. The van der Waals surface area contributed by atoms with Gasteiger partial charge < -0.3 is 10.6 Å². The highest BCUT2D eigenvalue weighted by molar-refractivity contribution is 6.36. The summed E-state index contributed by atoms with van der Waals surface area (Å²) in [6.07, 6.45) is 0. The van der Waals surface area contributed by atoms with E-state index in [0.29, 0.717) is 28.8 Å². The highest BCUT2D eigenvalue weighted by Crippen LogP contribution is 2.26. The van der Waals surface area contributed by atoms with Crippen LogP contribution in [0.4, 0.5) is 10.1 Å². The van der Waals surface area contributed by atoms with Crippen molar-refractivity contribution in [3.8, 4) is 0 Å². The van der Waals surface area contributed by atoms with Crippen LogP contribution in [0.2, 0.25) is 10.0 Å². The number of carbonyl (C=O) groups is 1. The number of piperazine rings is 1. The van der Waals surface area contributed by atoms with Gasteiger partial charge in [-0.05, 0) is 35.9 Å². The molecule has 2 aromatic rings. The number of hydrogen-bond donors (Lipinski definition) is 2. The van der Waals surface area contributed by atoms with Crippen LogP contribution in [0.15, 0.2) is 42.5 Å². The van der Waals surface area contributed by atoms with Crippen molar-refractivity contribution in [3.05, 3.63) is 63.9 Å². The van der Waals surface area contributed by atoms with E-state index >= 15 is 0 Å². The third-order valence-electron chi connectivity index (χ3n) is 4.14. The highest BCUT2D eigenvalue weighted by Gasteiger charge is 2.26. The lowest BCUT2D eigenvalue weighted by atomic mass is 10.0. The summed E-state index contributed by atoms with van der Waals surface area (Å²) in [5.74, 6) is -0.451. The number of carbonyl (C=O) groups excluding carboxylic acids is 1. The molecular formula is C18H19Cl3FN3O. The number of anilines is 1. The van der Waals surface area contributed by atoms with Crippen molar-refractivity contribution in [1.29, 1.82) is 0 Å². The molecule has 0 bridgehead atoms. The second-order valence-corrected chi connectivity index (χ2v) is 6.76. The third kappa shape index (κ3) is 5.32. The number of rotatable bonds is 4. The molecule has 1 saturated heterocycles. The second-order valence-electron chi connectivity index (χ2n) is 5.92. The summed E-state index contributed by atoms with van der Waals surface area (Å²) in [7, 11) is 0. The van der Waals surface area contributed by atoms with E-state index in [-0.39, 0.29) is 36.7 Å². The van der Waals surface area contributed by atoms with E-state index in [0.717, 1.165) is 12.1 Å². The Labute approximate surface area is 168 Å². The predicted octanol–water partition coefficient (Wildman–Crippen LogP) is 4.14. The second kappa shape index (κ2) is 9.53. The van der Waals surface area contributed by atoms with Gasteiger partial charge in [0.15, 0.2) is 0 Å². The van der Waals surface area contributed by atoms with Gasteiger partial charge in [0.1, 0.15) is 5.82 Å². The van der Waals surface area contributed by atoms with Crippen LogP contribution in [-0.2, 0) is 4.79 Å². The Morgan fingerprint density at radius 1 is 1.27 bits per heavy atom. The van der Waals surface area contributed by atoms with Crippen molar-refractivity contribution in [3.63, 3.8) is 0 Å². The minimum atomic E-state index is -0.277. The van der Waals surface area contributed by atoms with Gasteiger partial charge in [0, 0.05) is 30.7 Å². The molecule has 2 N–H and O–H groups in total. The SMILES string of the molecule is Cl.O=C(CN1CCNCC1c1cccc(F)c1)Nc1ccc(Cl)cc1Cl. The Morgan fingerprint density at radius 2 is 2.08 bits per heavy atom. The molecule has 8 heteroatoms. The average Bonchev–Trinajstić information content (AvgIpc) is 2.58. The van der Waals surface area contributed by atoms with Crippen LogP contribution in [0.3, 0.4) is 0 Å². The lowest BCUT2D eigenvalue weighted by Gasteiger charge is -2.36. The van der Waals surface area contributed by atoms with Crippen LogP contribution in [-0.4, -0.2) is 37.0 Å². The maximum atomic E-state index is 13.5.